The van der Waals surface area contributed by atoms with Crippen LogP contribution in [0.3, 0.4) is 0 Å². The maximum absolute atomic E-state index is 12.7. The SMILES string of the molecule is Cc1cccc(N2CCN(C(=O)Cc3csc(NC(=O)Cc4ccccc4)n3)CC2)c1. The molecule has 0 radical (unpaired) electrons. The van der Waals surface area contributed by atoms with Gasteiger partial charge in [-0.1, -0.05) is 42.5 Å². The summed E-state index contributed by atoms with van der Waals surface area (Å²) in [5.41, 5.74) is 4.11. The molecule has 0 aliphatic carbocycles. The van der Waals surface area contributed by atoms with E-state index < -0.39 is 0 Å². The Labute approximate surface area is 186 Å². The van der Waals surface area contributed by atoms with Crippen LogP contribution in [-0.4, -0.2) is 47.9 Å². The second-order valence-electron chi connectivity index (χ2n) is 7.74. The summed E-state index contributed by atoms with van der Waals surface area (Å²) in [6.07, 6.45) is 0.565. The highest BCUT2D eigenvalue weighted by atomic mass is 32.1. The van der Waals surface area contributed by atoms with Crippen LogP contribution in [0.15, 0.2) is 60.0 Å². The quantitative estimate of drug-likeness (QED) is 0.645. The number of carbonyl (C=O) groups excluding carboxylic acids is 2. The number of nitrogens with zero attached hydrogens (tertiary/aromatic N) is 3. The first-order chi connectivity index (χ1) is 15.1. The van der Waals surface area contributed by atoms with Crippen molar-refractivity contribution in [3.05, 3.63) is 76.8 Å². The summed E-state index contributed by atoms with van der Waals surface area (Å²) >= 11 is 1.35. The molecule has 1 fully saturated rings. The Bertz CT molecular complexity index is 1040. The van der Waals surface area contributed by atoms with E-state index in [0.29, 0.717) is 30.3 Å². The number of amides is 2. The maximum atomic E-state index is 12.7. The first kappa shape index (κ1) is 21.1. The van der Waals surface area contributed by atoms with Gasteiger partial charge in [-0.25, -0.2) is 4.98 Å². The monoisotopic (exact) mass is 434 g/mol. The Morgan fingerprint density at radius 3 is 2.52 bits per heavy atom. The molecule has 31 heavy (non-hydrogen) atoms. The van der Waals surface area contributed by atoms with E-state index in [9.17, 15) is 9.59 Å². The molecule has 0 spiro atoms. The third kappa shape index (κ3) is 5.70. The van der Waals surface area contributed by atoms with E-state index in [0.717, 1.165) is 18.7 Å². The summed E-state index contributed by atoms with van der Waals surface area (Å²) < 4.78 is 0. The fourth-order valence-electron chi connectivity index (χ4n) is 3.70. The van der Waals surface area contributed by atoms with E-state index in [1.54, 1.807) is 0 Å². The number of aromatic nitrogens is 1. The molecule has 0 saturated carbocycles. The molecule has 3 aromatic rings. The predicted octanol–water partition coefficient (Wildman–Crippen LogP) is 3.52. The van der Waals surface area contributed by atoms with Gasteiger partial charge in [0, 0.05) is 37.2 Å². The van der Waals surface area contributed by atoms with Crippen LogP contribution in [0.5, 0.6) is 0 Å². The molecule has 4 rings (SSSR count). The van der Waals surface area contributed by atoms with E-state index in [1.807, 2.05) is 40.6 Å². The molecule has 6 nitrogen and oxygen atoms in total. The molecule has 1 aromatic heterocycles. The summed E-state index contributed by atoms with van der Waals surface area (Å²) in [5.74, 6) is -0.0259. The van der Waals surface area contributed by atoms with Crippen LogP contribution >= 0.6 is 11.3 Å². The first-order valence-corrected chi connectivity index (χ1v) is 11.3. The molecule has 2 aromatic carbocycles. The fraction of sp³-hybridized carbons (Fsp3) is 0.292. The number of hydrogen-bond donors (Lipinski definition) is 1. The van der Waals surface area contributed by atoms with Gasteiger partial charge >= 0.3 is 0 Å². The highest BCUT2D eigenvalue weighted by Gasteiger charge is 2.22. The lowest BCUT2D eigenvalue weighted by molar-refractivity contribution is -0.130. The Hall–Kier alpha value is -3.19. The van der Waals surface area contributed by atoms with Crippen LogP contribution in [0, 0.1) is 6.92 Å². The van der Waals surface area contributed by atoms with Crippen LogP contribution in [0.25, 0.3) is 0 Å². The van der Waals surface area contributed by atoms with Crippen molar-refractivity contribution in [3.8, 4) is 0 Å². The number of rotatable bonds is 6. The van der Waals surface area contributed by atoms with Crippen molar-refractivity contribution in [1.29, 1.82) is 0 Å². The van der Waals surface area contributed by atoms with Crippen LogP contribution in [0.2, 0.25) is 0 Å². The zero-order valence-corrected chi connectivity index (χ0v) is 18.4. The van der Waals surface area contributed by atoms with Crippen molar-refractivity contribution in [2.75, 3.05) is 36.4 Å². The number of benzene rings is 2. The Morgan fingerprint density at radius 2 is 1.77 bits per heavy atom. The zero-order chi connectivity index (χ0) is 21.6. The second kappa shape index (κ2) is 9.75. The lowest BCUT2D eigenvalue weighted by atomic mass is 10.1. The maximum Gasteiger partial charge on any atom is 0.230 e. The largest absolute Gasteiger partial charge is 0.368 e. The molecule has 0 bridgehead atoms. The van der Waals surface area contributed by atoms with Gasteiger partial charge in [-0.15, -0.1) is 11.3 Å². The number of aryl methyl sites for hydroxylation is 1. The van der Waals surface area contributed by atoms with Gasteiger partial charge in [-0.2, -0.15) is 0 Å². The van der Waals surface area contributed by atoms with Crippen molar-refractivity contribution in [2.24, 2.45) is 0 Å². The van der Waals surface area contributed by atoms with Gasteiger partial charge in [0.1, 0.15) is 0 Å². The molecule has 1 N–H and O–H groups in total. The lowest BCUT2D eigenvalue weighted by Gasteiger charge is -2.36. The molecule has 2 amide bonds. The van der Waals surface area contributed by atoms with E-state index in [1.165, 1.54) is 22.6 Å². The van der Waals surface area contributed by atoms with Crippen LogP contribution in [0.4, 0.5) is 10.8 Å². The number of carbonyl (C=O) groups is 2. The Kier molecular flexibility index (Phi) is 6.62. The van der Waals surface area contributed by atoms with Gasteiger partial charge in [0.25, 0.3) is 0 Å². The fourth-order valence-corrected chi connectivity index (χ4v) is 4.42. The van der Waals surface area contributed by atoms with Gasteiger partial charge in [0.15, 0.2) is 5.13 Å². The molecule has 0 atom stereocenters. The molecule has 0 unspecified atom stereocenters. The summed E-state index contributed by atoms with van der Waals surface area (Å²) in [6.45, 7) is 5.16. The first-order valence-electron chi connectivity index (χ1n) is 10.4. The highest BCUT2D eigenvalue weighted by Crippen LogP contribution is 2.20. The molecule has 160 valence electrons. The summed E-state index contributed by atoms with van der Waals surface area (Å²) in [7, 11) is 0. The van der Waals surface area contributed by atoms with Gasteiger partial charge < -0.3 is 15.1 Å². The molecule has 1 aliphatic rings. The number of piperazine rings is 1. The molecule has 7 heteroatoms. The number of nitrogens with one attached hydrogen (secondary N) is 1. The normalized spacial score (nSPS) is 13.8. The van der Waals surface area contributed by atoms with Crippen molar-refractivity contribution < 1.29 is 9.59 Å². The van der Waals surface area contributed by atoms with Crippen molar-refractivity contribution >= 4 is 34.0 Å². The van der Waals surface area contributed by atoms with E-state index in [2.05, 4.69) is 46.4 Å². The predicted molar refractivity (Wildman–Crippen MR) is 125 cm³/mol. The average Bonchev–Trinajstić information content (AvgIpc) is 3.21. The zero-order valence-electron chi connectivity index (χ0n) is 17.6. The smallest absolute Gasteiger partial charge is 0.230 e. The van der Waals surface area contributed by atoms with Crippen molar-refractivity contribution in [1.82, 2.24) is 9.88 Å². The summed E-state index contributed by atoms with van der Waals surface area (Å²) in [4.78, 5) is 33.6. The summed E-state index contributed by atoms with van der Waals surface area (Å²) in [6, 6.07) is 18.1. The lowest BCUT2D eigenvalue weighted by Crippen LogP contribution is -2.49. The van der Waals surface area contributed by atoms with Gasteiger partial charge in [0.05, 0.1) is 18.5 Å². The minimum atomic E-state index is -0.106. The highest BCUT2D eigenvalue weighted by molar-refractivity contribution is 7.13. The van der Waals surface area contributed by atoms with E-state index in [-0.39, 0.29) is 18.2 Å². The molecule has 1 aliphatic heterocycles. The number of hydrogen-bond acceptors (Lipinski definition) is 5. The molecule has 1 saturated heterocycles. The van der Waals surface area contributed by atoms with Gasteiger partial charge in [-0.3, -0.25) is 9.59 Å². The number of anilines is 2. The Balaban J connectivity index is 1.26. The molecule has 2 heterocycles. The van der Waals surface area contributed by atoms with Crippen LogP contribution < -0.4 is 10.2 Å². The van der Waals surface area contributed by atoms with E-state index in [4.69, 9.17) is 0 Å². The van der Waals surface area contributed by atoms with Gasteiger partial charge in [0.2, 0.25) is 11.8 Å². The number of thiazole rings is 1. The third-order valence-electron chi connectivity index (χ3n) is 5.34. The summed E-state index contributed by atoms with van der Waals surface area (Å²) in [5, 5.41) is 5.21. The minimum Gasteiger partial charge on any atom is -0.368 e. The Morgan fingerprint density at radius 1 is 1.00 bits per heavy atom. The van der Waals surface area contributed by atoms with Crippen molar-refractivity contribution in [3.63, 3.8) is 0 Å². The standard InChI is InChI=1S/C24H26N4O2S/c1-18-6-5-9-21(14-18)27-10-12-28(13-11-27)23(30)16-20-17-31-24(25-20)26-22(29)15-19-7-3-2-4-8-19/h2-9,14,17H,10-13,15-16H2,1H3,(H,25,26,29). The molecular formula is C24H26N4O2S. The average molecular weight is 435 g/mol. The molecular weight excluding hydrogens is 408 g/mol. The minimum absolute atomic E-state index is 0.0800. The van der Waals surface area contributed by atoms with Crippen molar-refractivity contribution in [2.45, 2.75) is 19.8 Å². The second-order valence-corrected chi connectivity index (χ2v) is 8.60. The topological polar surface area (TPSA) is 65.5 Å². The van der Waals surface area contributed by atoms with Crippen LogP contribution in [0.1, 0.15) is 16.8 Å². The third-order valence-corrected chi connectivity index (χ3v) is 6.14. The van der Waals surface area contributed by atoms with E-state index >= 15 is 0 Å². The van der Waals surface area contributed by atoms with Crippen LogP contribution in [-0.2, 0) is 22.4 Å². The van der Waals surface area contributed by atoms with Gasteiger partial charge in [-0.05, 0) is 30.2 Å².